The number of aromatic nitrogens is 2. The Hall–Kier alpha value is -4.23. The lowest BCUT2D eigenvalue weighted by atomic mass is 10.1. The van der Waals surface area contributed by atoms with Crippen molar-refractivity contribution in [1.29, 1.82) is 0 Å². The van der Waals surface area contributed by atoms with Crippen LogP contribution in [0.25, 0.3) is 11.3 Å². The van der Waals surface area contributed by atoms with E-state index in [1.807, 2.05) is 36.4 Å². The maximum atomic E-state index is 12.2. The van der Waals surface area contributed by atoms with E-state index in [2.05, 4.69) is 10.5 Å². The standard InChI is InChI=1S/C24H19N3O4/c28-23(26-30-16-18-7-3-1-4-8-18)20-13-11-19(12-14-20)22-15-27(17-25-22)24(29)31-21-9-5-2-6-10-21/h1-15,17H,16H2,(H,26,28). The number of hydrogen-bond donors (Lipinski definition) is 1. The van der Waals surface area contributed by atoms with Crippen molar-refractivity contribution in [2.24, 2.45) is 0 Å². The molecule has 0 saturated heterocycles. The lowest BCUT2D eigenvalue weighted by Gasteiger charge is -2.06. The first-order valence-electron chi connectivity index (χ1n) is 9.57. The van der Waals surface area contributed by atoms with Crippen molar-refractivity contribution in [3.63, 3.8) is 0 Å². The molecule has 31 heavy (non-hydrogen) atoms. The molecule has 1 aromatic heterocycles. The van der Waals surface area contributed by atoms with Gasteiger partial charge in [0, 0.05) is 17.3 Å². The lowest BCUT2D eigenvalue weighted by molar-refractivity contribution is 0.0233. The highest BCUT2D eigenvalue weighted by Gasteiger charge is 2.11. The van der Waals surface area contributed by atoms with E-state index in [1.165, 1.54) is 10.9 Å². The van der Waals surface area contributed by atoms with Crippen LogP contribution in [0.5, 0.6) is 5.75 Å². The third kappa shape index (κ3) is 5.23. The second-order valence-electron chi connectivity index (χ2n) is 6.63. The topological polar surface area (TPSA) is 82.5 Å². The Balaban J connectivity index is 1.34. The minimum atomic E-state index is -0.559. The molecule has 154 valence electrons. The number of para-hydroxylation sites is 1. The van der Waals surface area contributed by atoms with Gasteiger partial charge in [-0.1, -0.05) is 60.7 Å². The van der Waals surface area contributed by atoms with Crippen molar-refractivity contribution in [1.82, 2.24) is 15.0 Å². The first-order valence-corrected chi connectivity index (χ1v) is 9.57. The number of hydroxylamine groups is 1. The highest BCUT2D eigenvalue weighted by atomic mass is 16.6. The van der Waals surface area contributed by atoms with Crippen molar-refractivity contribution < 1.29 is 19.2 Å². The van der Waals surface area contributed by atoms with Crippen LogP contribution in [0, 0.1) is 0 Å². The van der Waals surface area contributed by atoms with Gasteiger partial charge in [-0.05, 0) is 29.8 Å². The molecule has 0 saturated carbocycles. The van der Waals surface area contributed by atoms with Gasteiger partial charge in [0.2, 0.25) is 0 Å². The third-order valence-corrected chi connectivity index (χ3v) is 4.43. The zero-order valence-electron chi connectivity index (χ0n) is 16.5. The highest BCUT2D eigenvalue weighted by Crippen LogP contribution is 2.18. The van der Waals surface area contributed by atoms with E-state index in [9.17, 15) is 9.59 Å². The number of ether oxygens (including phenoxy) is 1. The van der Waals surface area contributed by atoms with Crippen LogP contribution >= 0.6 is 0 Å². The molecule has 0 aliphatic rings. The van der Waals surface area contributed by atoms with E-state index in [0.29, 0.717) is 17.0 Å². The van der Waals surface area contributed by atoms with Crippen molar-refractivity contribution in [3.8, 4) is 17.0 Å². The molecular weight excluding hydrogens is 394 g/mol. The minimum Gasteiger partial charge on any atom is -0.410 e. The highest BCUT2D eigenvalue weighted by molar-refractivity contribution is 5.93. The molecule has 0 unspecified atom stereocenters. The summed E-state index contributed by atoms with van der Waals surface area (Å²) in [7, 11) is 0. The van der Waals surface area contributed by atoms with E-state index in [1.54, 1.807) is 54.7 Å². The molecule has 0 bridgehead atoms. The Morgan fingerprint density at radius 2 is 1.55 bits per heavy atom. The smallest absolute Gasteiger partial charge is 0.410 e. The summed E-state index contributed by atoms with van der Waals surface area (Å²) in [6, 6.07) is 25.2. The molecule has 7 heteroatoms. The van der Waals surface area contributed by atoms with Crippen LogP contribution in [0.1, 0.15) is 15.9 Å². The average Bonchev–Trinajstić information content (AvgIpc) is 3.31. The summed E-state index contributed by atoms with van der Waals surface area (Å²) in [6.45, 7) is 0.279. The Bertz CT molecular complexity index is 1160. The number of nitrogens with zero attached hydrogens (tertiary/aromatic N) is 2. The summed E-state index contributed by atoms with van der Waals surface area (Å²) in [6.07, 6.45) is 2.40. The van der Waals surface area contributed by atoms with Gasteiger partial charge in [-0.25, -0.2) is 19.8 Å². The maximum absolute atomic E-state index is 12.2. The molecule has 0 aliphatic carbocycles. The monoisotopic (exact) mass is 413 g/mol. The van der Waals surface area contributed by atoms with Crippen molar-refractivity contribution in [2.45, 2.75) is 6.61 Å². The van der Waals surface area contributed by atoms with Crippen LogP contribution in [-0.2, 0) is 11.4 Å². The Morgan fingerprint density at radius 3 is 2.26 bits per heavy atom. The average molecular weight is 413 g/mol. The molecule has 1 N–H and O–H groups in total. The van der Waals surface area contributed by atoms with Gasteiger partial charge in [-0.2, -0.15) is 0 Å². The van der Waals surface area contributed by atoms with Gasteiger partial charge in [0.05, 0.1) is 12.3 Å². The number of benzene rings is 3. The number of imidazole rings is 1. The molecule has 1 amide bonds. The number of amides is 1. The van der Waals surface area contributed by atoms with Gasteiger partial charge in [-0.15, -0.1) is 0 Å². The zero-order valence-corrected chi connectivity index (χ0v) is 16.5. The van der Waals surface area contributed by atoms with E-state index in [0.717, 1.165) is 11.1 Å². The molecule has 7 nitrogen and oxygen atoms in total. The molecular formula is C24H19N3O4. The second kappa shape index (κ2) is 9.51. The van der Waals surface area contributed by atoms with E-state index >= 15 is 0 Å². The largest absolute Gasteiger partial charge is 0.424 e. The van der Waals surface area contributed by atoms with E-state index in [4.69, 9.17) is 9.57 Å². The summed E-state index contributed by atoms with van der Waals surface area (Å²) >= 11 is 0. The number of carbonyl (C=O) groups is 2. The summed E-state index contributed by atoms with van der Waals surface area (Å²) in [5.41, 5.74) is 5.17. The summed E-state index contributed by atoms with van der Waals surface area (Å²) < 4.78 is 6.55. The Kier molecular flexibility index (Phi) is 6.16. The van der Waals surface area contributed by atoms with Crippen LogP contribution in [-0.4, -0.2) is 21.6 Å². The fourth-order valence-electron chi connectivity index (χ4n) is 2.82. The normalized spacial score (nSPS) is 10.5. The van der Waals surface area contributed by atoms with Gasteiger partial charge >= 0.3 is 6.09 Å². The predicted octanol–water partition coefficient (Wildman–Crippen LogP) is 4.46. The van der Waals surface area contributed by atoms with Gasteiger partial charge in [0.1, 0.15) is 12.1 Å². The van der Waals surface area contributed by atoms with Gasteiger partial charge in [0.25, 0.3) is 5.91 Å². The van der Waals surface area contributed by atoms with E-state index < -0.39 is 6.09 Å². The number of rotatable bonds is 6. The fourth-order valence-corrected chi connectivity index (χ4v) is 2.82. The summed E-state index contributed by atoms with van der Waals surface area (Å²) in [5, 5.41) is 0. The quantitative estimate of drug-likeness (QED) is 0.472. The lowest BCUT2D eigenvalue weighted by Crippen LogP contribution is -2.23. The van der Waals surface area contributed by atoms with Crippen molar-refractivity contribution in [2.75, 3.05) is 0 Å². The van der Waals surface area contributed by atoms with Crippen LogP contribution < -0.4 is 10.2 Å². The van der Waals surface area contributed by atoms with Crippen LogP contribution in [0.15, 0.2) is 97.5 Å². The van der Waals surface area contributed by atoms with Crippen molar-refractivity contribution >= 4 is 12.0 Å². The Morgan fingerprint density at radius 1 is 0.871 bits per heavy atom. The van der Waals surface area contributed by atoms with Crippen LogP contribution in [0.2, 0.25) is 0 Å². The Labute approximate surface area is 178 Å². The molecule has 4 rings (SSSR count). The van der Waals surface area contributed by atoms with Gasteiger partial charge in [-0.3, -0.25) is 9.63 Å². The first-order chi connectivity index (χ1) is 15.2. The molecule has 0 spiro atoms. The van der Waals surface area contributed by atoms with Crippen molar-refractivity contribution in [3.05, 3.63) is 109 Å². The van der Waals surface area contributed by atoms with Gasteiger partial charge in [0.15, 0.2) is 0 Å². The molecule has 4 aromatic rings. The predicted molar refractivity (Wildman–Crippen MR) is 114 cm³/mol. The van der Waals surface area contributed by atoms with Crippen LogP contribution in [0.3, 0.4) is 0 Å². The first kappa shape index (κ1) is 20.1. The molecule has 1 heterocycles. The third-order valence-electron chi connectivity index (χ3n) is 4.43. The van der Waals surface area contributed by atoms with Crippen LogP contribution in [0.4, 0.5) is 4.79 Å². The number of hydrogen-bond acceptors (Lipinski definition) is 5. The van der Waals surface area contributed by atoms with Gasteiger partial charge < -0.3 is 4.74 Å². The second-order valence-corrected chi connectivity index (χ2v) is 6.63. The summed E-state index contributed by atoms with van der Waals surface area (Å²) in [5.74, 6) is 0.104. The maximum Gasteiger partial charge on any atom is 0.424 e. The number of nitrogens with one attached hydrogen (secondary N) is 1. The fraction of sp³-hybridized carbons (Fsp3) is 0.0417. The molecule has 3 aromatic carbocycles. The SMILES string of the molecule is O=C(NOCc1ccccc1)c1ccc(-c2cn(C(=O)Oc3ccccc3)cn2)cc1. The molecule has 0 aliphatic heterocycles. The molecule has 0 atom stereocenters. The summed E-state index contributed by atoms with van der Waals surface area (Å²) in [4.78, 5) is 34.0. The van der Waals surface area contributed by atoms with E-state index in [-0.39, 0.29) is 12.5 Å². The zero-order chi connectivity index (χ0) is 21.5. The molecule has 0 fully saturated rings. The number of carbonyl (C=O) groups excluding carboxylic acids is 2. The minimum absolute atomic E-state index is 0.279. The molecule has 0 radical (unpaired) electrons.